The Bertz CT molecular complexity index is 1920. The van der Waals surface area contributed by atoms with E-state index in [9.17, 15) is 4.79 Å². The Morgan fingerprint density at radius 2 is 1.70 bits per heavy atom. The molecule has 4 aliphatic rings. The van der Waals surface area contributed by atoms with Crippen LogP contribution in [0.4, 0.5) is 11.4 Å². The summed E-state index contributed by atoms with van der Waals surface area (Å²) in [6.07, 6.45) is 1.60. The Kier molecular flexibility index (Phi) is 9.83. The van der Waals surface area contributed by atoms with E-state index in [0.717, 1.165) is 47.8 Å². The van der Waals surface area contributed by atoms with Crippen LogP contribution in [-0.4, -0.2) is 70.9 Å². The number of carbonyl (C=O) groups is 1. The van der Waals surface area contributed by atoms with Crippen LogP contribution in [0.15, 0.2) is 76.5 Å². The van der Waals surface area contributed by atoms with E-state index in [1.165, 1.54) is 21.2 Å². The van der Waals surface area contributed by atoms with Gasteiger partial charge in [0.1, 0.15) is 36.1 Å². The summed E-state index contributed by atoms with van der Waals surface area (Å²) in [5.74, 6) is 3.24. The topological polar surface area (TPSA) is 69.7 Å². The molecule has 0 aliphatic carbocycles. The minimum absolute atomic E-state index is 0.0452. The van der Waals surface area contributed by atoms with Gasteiger partial charge in [0.25, 0.3) is 0 Å². The van der Waals surface area contributed by atoms with Crippen LogP contribution in [0.2, 0.25) is 5.02 Å². The van der Waals surface area contributed by atoms with Gasteiger partial charge in [0.15, 0.2) is 17.3 Å². The zero-order valence-electron chi connectivity index (χ0n) is 29.3. The Morgan fingerprint density at radius 1 is 0.940 bits per heavy atom. The third kappa shape index (κ3) is 6.47. The Hall–Kier alpha value is -4.05. The highest BCUT2D eigenvalue weighted by Crippen LogP contribution is 2.51. The summed E-state index contributed by atoms with van der Waals surface area (Å²) in [5.41, 5.74) is 4.89. The number of hydrogen-bond acceptors (Lipinski definition) is 9. The van der Waals surface area contributed by atoms with Gasteiger partial charge in [-0.25, -0.2) is 0 Å². The van der Waals surface area contributed by atoms with Gasteiger partial charge in [-0.05, 0) is 81.5 Å². The van der Waals surface area contributed by atoms with Crippen LogP contribution >= 0.6 is 23.4 Å². The molecule has 4 aromatic rings. The molecule has 3 atom stereocenters. The number of rotatable bonds is 7. The molecule has 3 unspecified atom stereocenters. The molecule has 4 heterocycles. The lowest BCUT2D eigenvalue weighted by Crippen LogP contribution is -2.43. The van der Waals surface area contributed by atoms with Crippen molar-refractivity contribution in [3.05, 3.63) is 88.4 Å². The zero-order valence-corrected chi connectivity index (χ0v) is 30.9. The van der Waals surface area contributed by atoms with E-state index in [1.54, 1.807) is 20.3 Å². The first-order valence-electron chi connectivity index (χ1n) is 17.1. The molecule has 10 heteroatoms. The number of methoxy groups -OCH3 is 2. The Morgan fingerprint density at radius 3 is 2.46 bits per heavy atom. The van der Waals surface area contributed by atoms with E-state index < -0.39 is 5.92 Å². The molecule has 0 saturated carbocycles. The molecule has 262 valence electrons. The van der Waals surface area contributed by atoms with E-state index in [2.05, 4.69) is 74.1 Å². The van der Waals surface area contributed by atoms with Gasteiger partial charge in [-0.3, -0.25) is 4.79 Å². The number of ketones is 1. The predicted octanol–water partition coefficient (Wildman–Crippen LogP) is 8.68. The highest BCUT2D eigenvalue weighted by molar-refractivity contribution is 7.99. The number of benzene rings is 4. The number of fused-ring (bicyclic) bond motifs is 8. The van der Waals surface area contributed by atoms with Gasteiger partial charge in [0.2, 0.25) is 0 Å². The monoisotopic (exact) mass is 714 g/mol. The first kappa shape index (κ1) is 34.4. The zero-order chi connectivity index (χ0) is 35.1. The van der Waals surface area contributed by atoms with Crippen molar-refractivity contribution in [1.82, 2.24) is 4.90 Å². The summed E-state index contributed by atoms with van der Waals surface area (Å²) in [6, 6.07) is 22.1. The molecule has 0 bridgehead atoms. The quantitative estimate of drug-likeness (QED) is 0.187. The number of carbonyl (C=O) groups excluding carboxylic acids is 1. The minimum atomic E-state index is -0.438. The third-order valence-corrected chi connectivity index (χ3v) is 11.0. The number of anilines is 2. The molecule has 0 saturated heterocycles. The largest absolute Gasteiger partial charge is 0.493 e. The molecule has 4 aromatic carbocycles. The number of hydrogen-bond donors (Lipinski definition) is 0. The standard InChI is InChI=1S/C23H24O6.C17H19ClN2S/c1-11(2)16-8-14-15(28-16)6-5-12-22(24)21-13-7-18(25-3)19(26-4)9-17(13)27-10-20(21)29-23(12)14;1-19(2)10-5-11-20-14-6-3-4-7-16(14)21-17-9-8-13(18)12-15(17)20/h5-7,9,11,16,20-21H,8,10H2,1-4H3;3-4,6-9,12H,5,10-11H2,1-2H3. The fourth-order valence-electron chi connectivity index (χ4n) is 7.05. The average molecular weight is 715 g/mol. The van der Waals surface area contributed by atoms with E-state index in [4.69, 9.17) is 35.3 Å². The Balaban J connectivity index is 0.000000166. The highest BCUT2D eigenvalue weighted by Gasteiger charge is 2.45. The van der Waals surface area contributed by atoms with Crippen LogP contribution in [-0.2, 0) is 6.42 Å². The smallest absolute Gasteiger partial charge is 0.178 e. The molecule has 50 heavy (non-hydrogen) atoms. The molecule has 4 aliphatic heterocycles. The SMILES string of the molecule is CN(C)CCCN1c2ccccc2Sc2ccc(Cl)cc21.COc1cc2c(cc1OC)C1C(=O)c3ccc4c(c3OC1CO2)CC(C(C)C)O4. The molecule has 0 amide bonds. The molecule has 8 rings (SSSR count). The van der Waals surface area contributed by atoms with Gasteiger partial charge in [-0.15, -0.1) is 0 Å². The number of para-hydroxylation sites is 1. The second-order valence-corrected chi connectivity index (χ2v) is 15.1. The maximum atomic E-state index is 13.5. The second kappa shape index (κ2) is 14.3. The molecule has 0 aromatic heterocycles. The van der Waals surface area contributed by atoms with Gasteiger partial charge in [0.05, 0.1) is 37.1 Å². The normalized spacial score (nSPS) is 19.3. The van der Waals surface area contributed by atoms with Gasteiger partial charge < -0.3 is 33.5 Å². The van der Waals surface area contributed by atoms with Crippen LogP contribution in [0.1, 0.15) is 47.7 Å². The number of Topliss-reactive ketones (excluding diaryl/α,β-unsaturated/α-hetero) is 1. The van der Waals surface area contributed by atoms with Crippen molar-refractivity contribution in [2.75, 3.05) is 52.9 Å². The van der Waals surface area contributed by atoms with Gasteiger partial charge >= 0.3 is 0 Å². The highest BCUT2D eigenvalue weighted by atomic mass is 35.5. The van der Waals surface area contributed by atoms with Crippen molar-refractivity contribution in [2.45, 2.75) is 54.6 Å². The van der Waals surface area contributed by atoms with E-state index in [1.807, 2.05) is 36.0 Å². The van der Waals surface area contributed by atoms with Crippen LogP contribution in [0, 0.1) is 5.92 Å². The fraction of sp³-hybridized carbons (Fsp3) is 0.375. The fourth-order valence-corrected chi connectivity index (χ4v) is 8.29. The second-order valence-electron chi connectivity index (χ2n) is 13.6. The first-order valence-corrected chi connectivity index (χ1v) is 18.3. The predicted molar refractivity (Wildman–Crippen MR) is 198 cm³/mol. The summed E-state index contributed by atoms with van der Waals surface area (Å²) in [6.45, 7) is 6.67. The first-order chi connectivity index (χ1) is 24.2. The molecule has 0 fully saturated rings. The third-order valence-electron chi connectivity index (χ3n) is 9.66. The van der Waals surface area contributed by atoms with Crippen molar-refractivity contribution in [3.8, 4) is 28.7 Å². The van der Waals surface area contributed by atoms with Crippen LogP contribution in [0.3, 0.4) is 0 Å². The number of halogens is 1. The summed E-state index contributed by atoms with van der Waals surface area (Å²) in [5, 5.41) is 0.798. The van der Waals surface area contributed by atoms with Crippen LogP contribution in [0.5, 0.6) is 28.7 Å². The van der Waals surface area contributed by atoms with E-state index in [0.29, 0.717) is 41.1 Å². The molecule has 0 radical (unpaired) electrons. The summed E-state index contributed by atoms with van der Waals surface area (Å²) in [4.78, 5) is 20.8. The summed E-state index contributed by atoms with van der Waals surface area (Å²) >= 11 is 8.03. The summed E-state index contributed by atoms with van der Waals surface area (Å²) in [7, 11) is 7.39. The van der Waals surface area contributed by atoms with Crippen molar-refractivity contribution in [2.24, 2.45) is 5.92 Å². The number of ether oxygens (including phenoxy) is 5. The van der Waals surface area contributed by atoms with Crippen LogP contribution in [0.25, 0.3) is 0 Å². The lowest BCUT2D eigenvalue weighted by molar-refractivity contribution is 0.0554. The molecule has 8 nitrogen and oxygen atoms in total. The maximum Gasteiger partial charge on any atom is 0.178 e. The maximum absolute atomic E-state index is 13.5. The lowest BCUT2D eigenvalue weighted by Gasteiger charge is -2.37. The van der Waals surface area contributed by atoms with Gasteiger partial charge in [0, 0.05) is 45.0 Å². The molecule has 0 N–H and O–H groups in total. The van der Waals surface area contributed by atoms with Crippen LogP contribution < -0.4 is 28.6 Å². The minimum Gasteiger partial charge on any atom is -0.493 e. The van der Waals surface area contributed by atoms with Crippen molar-refractivity contribution in [3.63, 3.8) is 0 Å². The molecular weight excluding hydrogens is 672 g/mol. The number of nitrogens with zero attached hydrogens (tertiary/aromatic N) is 2. The van der Waals surface area contributed by atoms with Crippen molar-refractivity contribution >= 4 is 40.5 Å². The van der Waals surface area contributed by atoms with E-state index >= 15 is 0 Å². The molecular formula is C40H43ClN2O6S. The van der Waals surface area contributed by atoms with E-state index in [-0.39, 0.29) is 18.0 Å². The lowest BCUT2D eigenvalue weighted by atomic mass is 9.81. The molecule has 0 spiro atoms. The Labute approximate surface area is 303 Å². The van der Waals surface area contributed by atoms with Gasteiger partial charge in [-0.2, -0.15) is 0 Å². The van der Waals surface area contributed by atoms with Crippen molar-refractivity contribution < 1.29 is 28.5 Å². The summed E-state index contributed by atoms with van der Waals surface area (Å²) < 4.78 is 29.2. The van der Waals surface area contributed by atoms with Crippen molar-refractivity contribution in [1.29, 1.82) is 0 Å². The average Bonchev–Trinajstić information content (AvgIpc) is 3.57. The van der Waals surface area contributed by atoms with Gasteiger partial charge in [-0.1, -0.05) is 49.3 Å².